The average molecular weight is 435 g/mol. The summed E-state index contributed by atoms with van der Waals surface area (Å²) in [6.07, 6.45) is -3.49. The van der Waals surface area contributed by atoms with Gasteiger partial charge in [0.05, 0.1) is 12.2 Å². The van der Waals surface area contributed by atoms with Gasteiger partial charge in [0.25, 0.3) is 0 Å². The Morgan fingerprint density at radius 3 is 2.27 bits per heavy atom. The molecule has 2 aromatic rings. The van der Waals surface area contributed by atoms with E-state index >= 15 is 0 Å². The van der Waals surface area contributed by atoms with E-state index in [2.05, 4.69) is 15.6 Å². The predicted octanol–water partition coefficient (Wildman–Crippen LogP) is 1.68. The summed E-state index contributed by atoms with van der Waals surface area (Å²) in [5.41, 5.74) is 2.54. The van der Waals surface area contributed by atoms with Gasteiger partial charge in [-0.05, 0) is 12.0 Å². The molecule has 1 heterocycles. The van der Waals surface area contributed by atoms with Crippen LogP contribution in [0.25, 0.3) is 11.3 Å². The zero-order valence-corrected chi connectivity index (χ0v) is 16.8. The van der Waals surface area contributed by atoms with Crippen molar-refractivity contribution in [1.29, 1.82) is 0 Å². The lowest BCUT2D eigenvalue weighted by Gasteiger charge is -2.17. The van der Waals surface area contributed by atoms with E-state index in [1.54, 1.807) is 0 Å². The van der Waals surface area contributed by atoms with Crippen LogP contribution in [0, 0.1) is 0 Å². The minimum Gasteiger partial charge on any atom is -0.465 e. The molecule has 1 aromatic carbocycles. The van der Waals surface area contributed by atoms with E-state index in [1.165, 1.54) is 18.3 Å². The van der Waals surface area contributed by atoms with Gasteiger partial charge >= 0.3 is 12.2 Å². The minimum absolute atomic E-state index is 0.186. The number of amides is 3. The van der Waals surface area contributed by atoms with Crippen molar-refractivity contribution in [2.24, 2.45) is 0 Å². The third-order valence-electron chi connectivity index (χ3n) is 3.77. The predicted molar refractivity (Wildman–Crippen MR) is 109 cm³/mol. The Morgan fingerprint density at radius 1 is 1.07 bits per heavy atom. The Kier molecular flexibility index (Phi) is 8.26. The molecule has 0 atom stereocenters. The second-order valence-corrected chi connectivity index (χ2v) is 7.03. The quantitative estimate of drug-likeness (QED) is 0.306. The number of anilines is 1. The number of Topliss-reactive ketones (excluding diaryl/α,β-unsaturated/α-hetero) is 1. The number of aromatic nitrogens is 1. The molecular formula is C18H21N5O6S. The second-order valence-electron chi connectivity index (χ2n) is 6.17. The molecular weight excluding hydrogens is 414 g/mol. The zero-order valence-electron chi connectivity index (χ0n) is 16.0. The smallest absolute Gasteiger partial charge is 0.407 e. The molecule has 0 saturated carbocycles. The molecule has 0 aliphatic heterocycles. The molecule has 0 saturated heterocycles. The SMILES string of the molecule is CC(=O)Nc1nc(-c2ccc(CCC(=O)CNC(NC(=O)O)NC(=O)O)cc2)cs1. The van der Waals surface area contributed by atoms with Gasteiger partial charge in [0, 0.05) is 24.3 Å². The van der Waals surface area contributed by atoms with Crippen LogP contribution in [0.1, 0.15) is 18.9 Å². The van der Waals surface area contributed by atoms with Crippen LogP contribution in [0.4, 0.5) is 14.7 Å². The Morgan fingerprint density at radius 2 is 1.70 bits per heavy atom. The Balaban J connectivity index is 1.83. The first-order valence-corrected chi connectivity index (χ1v) is 9.67. The molecule has 160 valence electrons. The Hall–Kier alpha value is -3.51. The van der Waals surface area contributed by atoms with Crippen LogP contribution in [-0.4, -0.2) is 51.9 Å². The standard InChI is InChI=1S/C18H21N5O6S/c1-10(24)20-16-21-14(9-30-16)12-5-2-11(3-6-12)4-7-13(25)8-19-15(22-17(26)27)23-18(28)29/h2-3,5-6,9,15,19,22-23H,4,7-8H2,1H3,(H,26,27)(H,28,29)(H,20,21,24). The highest BCUT2D eigenvalue weighted by molar-refractivity contribution is 7.14. The first-order valence-electron chi connectivity index (χ1n) is 8.79. The number of thiazole rings is 1. The Labute approximate surface area is 175 Å². The van der Waals surface area contributed by atoms with E-state index < -0.39 is 18.5 Å². The van der Waals surface area contributed by atoms with Gasteiger partial charge in [0.15, 0.2) is 11.4 Å². The number of aryl methyl sites for hydroxylation is 1. The molecule has 0 fully saturated rings. The van der Waals surface area contributed by atoms with Crippen molar-refractivity contribution in [2.75, 3.05) is 11.9 Å². The van der Waals surface area contributed by atoms with Gasteiger partial charge in [-0.15, -0.1) is 11.3 Å². The van der Waals surface area contributed by atoms with Crippen molar-refractivity contribution >= 4 is 40.3 Å². The maximum atomic E-state index is 12.0. The van der Waals surface area contributed by atoms with Crippen LogP contribution in [0.15, 0.2) is 29.6 Å². The van der Waals surface area contributed by atoms with Crippen molar-refractivity contribution < 1.29 is 29.4 Å². The van der Waals surface area contributed by atoms with Gasteiger partial charge in [-0.1, -0.05) is 24.3 Å². The zero-order chi connectivity index (χ0) is 22.1. The number of ketones is 1. The fourth-order valence-electron chi connectivity index (χ4n) is 2.43. The molecule has 0 bridgehead atoms. The third kappa shape index (κ3) is 7.85. The first-order chi connectivity index (χ1) is 14.2. The number of hydrogen-bond donors (Lipinski definition) is 6. The summed E-state index contributed by atoms with van der Waals surface area (Å²) in [7, 11) is 0. The van der Waals surface area contributed by atoms with Crippen LogP contribution >= 0.6 is 11.3 Å². The minimum atomic E-state index is -1.43. The number of rotatable bonds is 10. The van der Waals surface area contributed by atoms with E-state index in [1.807, 2.05) is 40.3 Å². The summed E-state index contributed by atoms with van der Waals surface area (Å²) in [6, 6.07) is 7.48. The third-order valence-corrected chi connectivity index (χ3v) is 4.53. The van der Waals surface area contributed by atoms with Gasteiger partial charge in [-0.2, -0.15) is 0 Å². The number of carbonyl (C=O) groups is 4. The lowest BCUT2D eigenvalue weighted by Crippen LogP contribution is -2.57. The van der Waals surface area contributed by atoms with Gasteiger partial charge in [0.2, 0.25) is 5.91 Å². The van der Waals surface area contributed by atoms with Crippen molar-refractivity contribution in [3.05, 3.63) is 35.2 Å². The van der Waals surface area contributed by atoms with Crippen molar-refractivity contribution in [3.63, 3.8) is 0 Å². The molecule has 11 nitrogen and oxygen atoms in total. The average Bonchev–Trinajstić information content (AvgIpc) is 3.11. The lowest BCUT2D eigenvalue weighted by molar-refractivity contribution is -0.118. The fraction of sp³-hybridized carbons (Fsp3) is 0.278. The number of benzene rings is 1. The van der Waals surface area contributed by atoms with Crippen LogP contribution in [0.5, 0.6) is 0 Å². The number of carboxylic acid groups (broad SMARTS) is 2. The molecule has 30 heavy (non-hydrogen) atoms. The Bertz CT molecular complexity index is 898. The molecule has 0 spiro atoms. The van der Waals surface area contributed by atoms with E-state index in [9.17, 15) is 19.2 Å². The summed E-state index contributed by atoms with van der Waals surface area (Å²) < 4.78 is 0. The number of hydrogen-bond acceptors (Lipinski definition) is 7. The molecule has 3 amide bonds. The van der Waals surface area contributed by atoms with Crippen molar-refractivity contribution in [1.82, 2.24) is 20.9 Å². The summed E-state index contributed by atoms with van der Waals surface area (Å²) in [6.45, 7) is 1.21. The van der Waals surface area contributed by atoms with Crippen LogP contribution in [-0.2, 0) is 16.0 Å². The van der Waals surface area contributed by atoms with E-state index in [0.717, 1.165) is 16.8 Å². The van der Waals surface area contributed by atoms with Gasteiger partial charge in [-0.3, -0.25) is 25.5 Å². The molecule has 0 unspecified atom stereocenters. The van der Waals surface area contributed by atoms with E-state index in [-0.39, 0.29) is 24.7 Å². The van der Waals surface area contributed by atoms with E-state index in [0.29, 0.717) is 11.6 Å². The summed E-state index contributed by atoms with van der Waals surface area (Å²) in [5.74, 6) is -0.392. The second kappa shape index (κ2) is 10.9. The van der Waals surface area contributed by atoms with Crippen molar-refractivity contribution in [3.8, 4) is 11.3 Å². The summed E-state index contributed by atoms with van der Waals surface area (Å²) in [4.78, 5) is 48.7. The maximum absolute atomic E-state index is 12.0. The van der Waals surface area contributed by atoms with E-state index in [4.69, 9.17) is 10.2 Å². The highest BCUT2D eigenvalue weighted by Gasteiger charge is 2.14. The van der Waals surface area contributed by atoms with Crippen LogP contribution in [0.3, 0.4) is 0 Å². The van der Waals surface area contributed by atoms with Gasteiger partial charge < -0.3 is 15.5 Å². The highest BCUT2D eigenvalue weighted by Crippen LogP contribution is 2.25. The molecule has 1 aromatic heterocycles. The molecule has 0 aliphatic rings. The summed E-state index contributed by atoms with van der Waals surface area (Å²) in [5, 5.41) is 28.6. The van der Waals surface area contributed by atoms with Gasteiger partial charge in [-0.25, -0.2) is 14.6 Å². The van der Waals surface area contributed by atoms with Crippen LogP contribution in [0.2, 0.25) is 0 Å². The van der Waals surface area contributed by atoms with Crippen molar-refractivity contribution in [2.45, 2.75) is 26.1 Å². The molecule has 0 aliphatic carbocycles. The maximum Gasteiger partial charge on any atom is 0.407 e. The first kappa shape index (κ1) is 22.8. The highest BCUT2D eigenvalue weighted by atomic mass is 32.1. The monoisotopic (exact) mass is 435 g/mol. The van der Waals surface area contributed by atoms with Crippen LogP contribution < -0.4 is 21.3 Å². The molecule has 2 rings (SSSR count). The lowest BCUT2D eigenvalue weighted by atomic mass is 10.0. The molecule has 0 radical (unpaired) electrons. The molecule has 6 N–H and O–H groups in total. The number of nitrogens with one attached hydrogen (secondary N) is 4. The normalized spacial score (nSPS) is 10.5. The number of carbonyl (C=O) groups excluding carboxylic acids is 2. The topological polar surface area (TPSA) is 170 Å². The summed E-state index contributed by atoms with van der Waals surface area (Å²) >= 11 is 1.33. The van der Waals surface area contributed by atoms with Gasteiger partial charge in [0.1, 0.15) is 5.78 Å². The molecule has 12 heteroatoms. The fourth-order valence-corrected chi connectivity index (χ4v) is 3.20. The largest absolute Gasteiger partial charge is 0.465 e. The number of nitrogens with zero attached hydrogens (tertiary/aromatic N) is 1.